The second kappa shape index (κ2) is 4.74. The summed E-state index contributed by atoms with van der Waals surface area (Å²) in [4.78, 5) is 13.9. The molecule has 1 rings (SSSR count). The molecule has 1 aliphatic carbocycles. The molecule has 0 aromatic heterocycles. The number of aliphatic imine (C=N–C) groups is 1. The average molecular weight is 163 g/mol. The molecule has 0 amide bonds. The first-order valence-electron chi connectivity index (χ1n) is 4.39. The standard InChI is InChI=1S/C10H13NO/c1-2-5-9-6-3-4-7-10(9)11-8-12/h1,9-10H,3-7H2. The second-order valence-electron chi connectivity index (χ2n) is 3.24. The fourth-order valence-electron chi connectivity index (χ4n) is 1.82. The fourth-order valence-corrected chi connectivity index (χ4v) is 1.82. The van der Waals surface area contributed by atoms with Gasteiger partial charge in [-0.3, -0.25) is 0 Å². The van der Waals surface area contributed by atoms with Crippen LogP contribution in [0.25, 0.3) is 0 Å². The van der Waals surface area contributed by atoms with Gasteiger partial charge in [-0.25, -0.2) is 9.79 Å². The van der Waals surface area contributed by atoms with Crippen molar-refractivity contribution >= 4 is 6.08 Å². The summed E-state index contributed by atoms with van der Waals surface area (Å²) < 4.78 is 0. The van der Waals surface area contributed by atoms with Gasteiger partial charge in [-0.1, -0.05) is 12.8 Å². The monoisotopic (exact) mass is 163 g/mol. The Morgan fingerprint density at radius 3 is 2.83 bits per heavy atom. The molecule has 1 fully saturated rings. The molecular formula is C10H13NO. The highest BCUT2D eigenvalue weighted by molar-refractivity contribution is 5.33. The molecule has 0 aromatic rings. The zero-order valence-corrected chi connectivity index (χ0v) is 7.12. The van der Waals surface area contributed by atoms with Crippen LogP contribution >= 0.6 is 0 Å². The SMILES string of the molecule is C#CCC1CCCCC1N=C=O. The summed E-state index contributed by atoms with van der Waals surface area (Å²) in [6, 6.07) is 0.146. The predicted octanol–water partition coefficient (Wildman–Crippen LogP) is 1.90. The Labute approximate surface area is 73.1 Å². The van der Waals surface area contributed by atoms with E-state index in [1.54, 1.807) is 6.08 Å². The lowest BCUT2D eigenvalue weighted by atomic mass is 9.83. The van der Waals surface area contributed by atoms with Gasteiger partial charge in [0.15, 0.2) is 0 Å². The number of isocyanates is 1. The summed E-state index contributed by atoms with van der Waals surface area (Å²) >= 11 is 0. The maximum absolute atomic E-state index is 10.1. The summed E-state index contributed by atoms with van der Waals surface area (Å²) in [5.41, 5.74) is 0. The van der Waals surface area contributed by atoms with Gasteiger partial charge in [0.05, 0.1) is 6.04 Å². The van der Waals surface area contributed by atoms with Gasteiger partial charge in [-0.05, 0) is 18.8 Å². The lowest BCUT2D eigenvalue weighted by Crippen LogP contribution is -2.22. The first kappa shape index (κ1) is 9.03. The highest BCUT2D eigenvalue weighted by atomic mass is 16.1. The summed E-state index contributed by atoms with van der Waals surface area (Å²) in [5, 5.41) is 0. The van der Waals surface area contributed by atoms with Crippen LogP contribution in [0.1, 0.15) is 32.1 Å². The Balaban J connectivity index is 2.54. The van der Waals surface area contributed by atoms with Crippen LogP contribution in [0, 0.1) is 18.3 Å². The minimum absolute atomic E-state index is 0.146. The molecule has 0 spiro atoms. The molecule has 0 aliphatic heterocycles. The molecule has 0 radical (unpaired) electrons. The van der Waals surface area contributed by atoms with Crippen molar-refractivity contribution in [2.24, 2.45) is 10.9 Å². The number of carbonyl (C=O) groups excluding carboxylic acids is 1. The summed E-state index contributed by atoms with van der Waals surface area (Å²) in [7, 11) is 0. The van der Waals surface area contributed by atoms with Crippen LogP contribution in [0.2, 0.25) is 0 Å². The number of rotatable bonds is 2. The largest absolute Gasteiger partial charge is 0.235 e. The van der Waals surface area contributed by atoms with E-state index in [1.807, 2.05) is 0 Å². The van der Waals surface area contributed by atoms with Crippen molar-refractivity contribution in [1.82, 2.24) is 0 Å². The van der Waals surface area contributed by atoms with Crippen LogP contribution in [0.15, 0.2) is 4.99 Å². The molecule has 2 atom stereocenters. The first-order valence-corrected chi connectivity index (χ1v) is 4.39. The lowest BCUT2D eigenvalue weighted by molar-refractivity contribution is 0.314. The predicted molar refractivity (Wildman–Crippen MR) is 47.3 cm³/mol. The van der Waals surface area contributed by atoms with E-state index in [9.17, 15) is 4.79 Å². The van der Waals surface area contributed by atoms with E-state index < -0.39 is 0 Å². The van der Waals surface area contributed by atoms with E-state index in [-0.39, 0.29) is 6.04 Å². The van der Waals surface area contributed by atoms with Crippen LogP contribution in [0.3, 0.4) is 0 Å². The summed E-state index contributed by atoms with van der Waals surface area (Å²) in [6.07, 6.45) is 12.1. The van der Waals surface area contributed by atoms with Gasteiger partial charge >= 0.3 is 0 Å². The van der Waals surface area contributed by atoms with Crippen molar-refractivity contribution in [3.8, 4) is 12.3 Å². The number of nitrogens with zero attached hydrogens (tertiary/aromatic N) is 1. The topological polar surface area (TPSA) is 29.4 Å². The Morgan fingerprint density at radius 1 is 1.42 bits per heavy atom. The molecule has 2 nitrogen and oxygen atoms in total. The Bertz CT molecular complexity index is 222. The van der Waals surface area contributed by atoms with E-state index in [0.29, 0.717) is 5.92 Å². The molecule has 1 saturated carbocycles. The number of hydrogen-bond acceptors (Lipinski definition) is 2. The van der Waals surface area contributed by atoms with Crippen LogP contribution < -0.4 is 0 Å². The summed E-state index contributed by atoms with van der Waals surface area (Å²) in [6.45, 7) is 0. The third-order valence-corrected chi connectivity index (χ3v) is 2.47. The normalized spacial score (nSPS) is 28.6. The molecule has 2 heteroatoms. The first-order chi connectivity index (χ1) is 5.88. The van der Waals surface area contributed by atoms with Gasteiger partial charge in [0.2, 0.25) is 6.08 Å². The summed E-state index contributed by atoms with van der Waals surface area (Å²) in [5.74, 6) is 3.06. The molecule has 12 heavy (non-hydrogen) atoms. The molecular weight excluding hydrogens is 150 g/mol. The Morgan fingerprint density at radius 2 is 2.17 bits per heavy atom. The molecule has 1 aliphatic rings. The van der Waals surface area contributed by atoms with Gasteiger partial charge in [-0.15, -0.1) is 12.3 Å². The van der Waals surface area contributed by atoms with Crippen molar-refractivity contribution in [2.75, 3.05) is 0 Å². The molecule has 0 N–H and O–H groups in total. The Hall–Kier alpha value is -1.06. The molecule has 0 bridgehead atoms. The molecule has 0 heterocycles. The van der Waals surface area contributed by atoms with Crippen LogP contribution in [0.5, 0.6) is 0 Å². The molecule has 64 valence electrons. The van der Waals surface area contributed by atoms with Gasteiger partial charge < -0.3 is 0 Å². The quantitative estimate of drug-likeness (QED) is 0.347. The van der Waals surface area contributed by atoms with Gasteiger partial charge in [0.1, 0.15) is 0 Å². The van der Waals surface area contributed by atoms with Crippen molar-refractivity contribution in [1.29, 1.82) is 0 Å². The van der Waals surface area contributed by atoms with Crippen molar-refractivity contribution in [3.63, 3.8) is 0 Å². The van der Waals surface area contributed by atoms with Crippen LogP contribution in [-0.4, -0.2) is 12.1 Å². The van der Waals surface area contributed by atoms with Gasteiger partial charge in [0.25, 0.3) is 0 Å². The number of hydrogen-bond donors (Lipinski definition) is 0. The highest BCUT2D eigenvalue weighted by Gasteiger charge is 2.23. The van der Waals surface area contributed by atoms with E-state index >= 15 is 0 Å². The zero-order valence-electron chi connectivity index (χ0n) is 7.12. The van der Waals surface area contributed by atoms with Crippen molar-refractivity contribution in [2.45, 2.75) is 38.1 Å². The second-order valence-corrected chi connectivity index (χ2v) is 3.24. The molecule has 0 aromatic carbocycles. The van der Waals surface area contributed by atoms with E-state index in [1.165, 1.54) is 6.42 Å². The molecule has 2 unspecified atom stereocenters. The molecule has 0 saturated heterocycles. The third kappa shape index (κ3) is 2.22. The maximum Gasteiger partial charge on any atom is 0.235 e. The lowest BCUT2D eigenvalue weighted by Gasteiger charge is -2.25. The maximum atomic E-state index is 10.1. The highest BCUT2D eigenvalue weighted by Crippen LogP contribution is 2.28. The van der Waals surface area contributed by atoms with Crippen molar-refractivity contribution in [3.05, 3.63) is 0 Å². The fraction of sp³-hybridized carbons (Fsp3) is 0.700. The number of terminal acetylenes is 1. The Kier molecular flexibility index (Phi) is 3.57. The average Bonchev–Trinajstić information content (AvgIpc) is 2.09. The van der Waals surface area contributed by atoms with Gasteiger partial charge in [-0.2, -0.15) is 0 Å². The minimum Gasteiger partial charge on any atom is -0.211 e. The zero-order chi connectivity index (χ0) is 8.81. The van der Waals surface area contributed by atoms with Gasteiger partial charge in [0, 0.05) is 6.42 Å². The van der Waals surface area contributed by atoms with E-state index in [0.717, 1.165) is 25.7 Å². The third-order valence-electron chi connectivity index (χ3n) is 2.47. The smallest absolute Gasteiger partial charge is 0.211 e. The van der Waals surface area contributed by atoms with Crippen LogP contribution in [-0.2, 0) is 4.79 Å². The van der Waals surface area contributed by atoms with Crippen LogP contribution in [0.4, 0.5) is 0 Å². The van der Waals surface area contributed by atoms with Crippen molar-refractivity contribution < 1.29 is 4.79 Å². The minimum atomic E-state index is 0.146. The van der Waals surface area contributed by atoms with E-state index in [4.69, 9.17) is 6.42 Å². The van der Waals surface area contributed by atoms with E-state index in [2.05, 4.69) is 10.9 Å².